The topological polar surface area (TPSA) is 106 Å². The van der Waals surface area contributed by atoms with Crippen LogP contribution < -0.4 is 5.32 Å². The molecule has 2 aromatic heterocycles. The second kappa shape index (κ2) is 10.9. The summed E-state index contributed by atoms with van der Waals surface area (Å²) >= 11 is 0. The van der Waals surface area contributed by atoms with Crippen molar-refractivity contribution in [2.24, 2.45) is 4.99 Å². The Labute approximate surface area is 199 Å². The number of hydrogen-bond donors (Lipinski definition) is 2. The van der Waals surface area contributed by atoms with Crippen molar-refractivity contribution in [1.29, 1.82) is 0 Å². The molecule has 2 aliphatic rings. The first-order chi connectivity index (χ1) is 14.7. The number of halogens is 1. The van der Waals surface area contributed by atoms with Crippen molar-refractivity contribution in [1.82, 2.24) is 35.2 Å². The Hall–Kier alpha value is -2.15. The van der Waals surface area contributed by atoms with Gasteiger partial charge in [-0.1, -0.05) is 0 Å². The van der Waals surface area contributed by atoms with E-state index in [9.17, 15) is 4.79 Å². The fraction of sp³-hybridized carbons (Fsp3) is 0.600. The van der Waals surface area contributed by atoms with Crippen LogP contribution in [0.1, 0.15) is 25.6 Å². The Morgan fingerprint density at radius 2 is 1.97 bits per heavy atom. The molecular weight excluding hydrogens is 511 g/mol. The van der Waals surface area contributed by atoms with E-state index in [4.69, 9.17) is 4.42 Å². The number of guanidine groups is 1. The standard InChI is InChI=1S/C20H30N8O2.HI/c1-15(19(29)27-7-3-4-8-27)26-9-11-28(12-10-26)20(21-2)22-14-17-23-18(25-24-17)16-6-5-13-30-16;/h5-6,13,15H,3-4,7-12,14H2,1-2H3,(H,21,22)(H,23,24,25);1H. The third-order valence-electron chi connectivity index (χ3n) is 5.84. The van der Waals surface area contributed by atoms with E-state index in [1.165, 1.54) is 0 Å². The largest absolute Gasteiger partial charge is 0.461 e. The SMILES string of the molecule is CN=C(NCc1nc(-c2ccco2)n[nH]1)N1CCN(C(C)C(=O)N2CCCC2)CC1.I. The van der Waals surface area contributed by atoms with Gasteiger partial charge in [0.1, 0.15) is 5.82 Å². The molecule has 11 heteroatoms. The van der Waals surface area contributed by atoms with E-state index in [1.54, 1.807) is 13.3 Å². The van der Waals surface area contributed by atoms with Gasteiger partial charge in [0.15, 0.2) is 11.7 Å². The first-order valence-corrected chi connectivity index (χ1v) is 10.6. The summed E-state index contributed by atoms with van der Waals surface area (Å²) in [6.07, 6.45) is 3.86. The second-order valence-corrected chi connectivity index (χ2v) is 7.72. The average Bonchev–Trinajstić information content (AvgIpc) is 3.56. The molecule has 31 heavy (non-hydrogen) atoms. The molecule has 2 aromatic rings. The number of piperazine rings is 1. The number of aromatic amines is 1. The van der Waals surface area contributed by atoms with E-state index < -0.39 is 0 Å². The van der Waals surface area contributed by atoms with Gasteiger partial charge in [0.05, 0.1) is 18.8 Å². The Bertz CT molecular complexity index is 854. The van der Waals surface area contributed by atoms with Crippen molar-refractivity contribution in [2.45, 2.75) is 32.4 Å². The molecule has 1 atom stereocenters. The quantitative estimate of drug-likeness (QED) is 0.334. The molecule has 0 aromatic carbocycles. The summed E-state index contributed by atoms with van der Waals surface area (Å²) in [6, 6.07) is 3.58. The summed E-state index contributed by atoms with van der Waals surface area (Å²) in [4.78, 5) is 28.0. The van der Waals surface area contributed by atoms with Crippen LogP contribution in [0.3, 0.4) is 0 Å². The summed E-state index contributed by atoms with van der Waals surface area (Å²) in [6.45, 7) is 7.66. The molecular formula is C20H31IN8O2. The molecule has 4 rings (SSSR count). The summed E-state index contributed by atoms with van der Waals surface area (Å²) in [7, 11) is 1.78. The monoisotopic (exact) mass is 542 g/mol. The molecule has 0 spiro atoms. The number of amides is 1. The van der Waals surface area contributed by atoms with Crippen molar-refractivity contribution >= 4 is 35.8 Å². The van der Waals surface area contributed by atoms with Crippen LogP contribution in [0.25, 0.3) is 11.6 Å². The molecule has 2 saturated heterocycles. The highest BCUT2D eigenvalue weighted by atomic mass is 127. The van der Waals surface area contributed by atoms with Gasteiger partial charge in [-0.2, -0.15) is 0 Å². The molecule has 1 unspecified atom stereocenters. The lowest BCUT2D eigenvalue weighted by Crippen LogP contribution is -2.57. The number of carbonyl (C=O) groups excluding carboxylic acids is 1. The zero-order chi connectivity index (χ0) is 20.9. The number of nitrogens with zero attached hydrogens (tertiary/aromatic N) is 6. The van der Waals surface area contributed by atoms with E-state index in [0.29, 0.717) is 24.0 Å². The van der Waals surface area contributed by atoms with Crippen LogP contribution in [0.4, 0.5) is 0 Å². The smallest absolute Gasteiger partial charge is 0.239 e. The van der Waals surface area contributed by atoms with Crippen molar-refractivity contribution in [3.63, 3.8) is 0 Å². The molecule has 10 nitrogen and oxygen atoms in total. The first kappa shape index (κ1) is 23.5. The normalized spacial score (nSPS) is 18.7. The molecule has 0 saturated carbocycles. The fourth-order valence-corrected chi connectivity index (χ4v) is 4.06. The number of nitrogens with one attached hydrogen (secondary N) is 2. The predicted molar refractivity (Wildman–Crippen MR) is 128 cm³/mol. The number of aromatic nitrogens is 3. The maximum Gasteiger partial charge on any atom is 0.239 e. The van der Waals surface area contributed by atoms with E-state index in [1.807, 2.05) is 24.0 Å². The lowest BCUT2D eigenvalue weighted by molar-refractivity contribution is -0.135. The highest BCUT2D eigenvalue weighted by Gasteiger charge is 2.30. The number of furan rings is 1. The van der Waals surface area contributed by atoms with Crippen LogP contribution in [0.15, 0.2) is 27.8 Å². The van der Waals surface area contributed by atoms with E-state index in [-0.39, 0.29) is 35.9 Å². The van der Waals surface area contributed by atoms with E-state index in [0.717, 1.165) is 58.1 Å². The molecule has 4 heterocycles. The molecule has 0 radical (unpaired) electrons. The number of aliphatic imine (C=N–C) groups is 1. The van der Waals surface area contributed by atoms with Crippen LogP contribution >= 0.6 is 24.0 Å². The highest BCUT2D eigenvalue weighted by Crippen LogP contribution is 2.15. The molecule has 2 N–H and O–H groups in total. The Morgan fingerprint density at radius 1 is 1.23 bits per heavy atom. The van der Waals surface area contributed by atoms with Crippen LogP contribution in [0, 0.1) is 0 Å². The maximum absolute atomic E-state index is 12.7. The minimum atomic E-state index is -0.0607. The first-order valence-electron chi connectivity index (χ1n) is 10.6. The third kappa shape index (κ3) is 5.56. The highest BCUT2D eigenvalue weighted by molar-refractivity contribution is 14.0. The molecule has 0 bridgehead atoms. The Balaban J connectivity index is 0.00000272. The van der Waals surface area contributed by atoms with Crippen molar-refractivity contribution < 1.29 is 9.21 Å². The van der Waals surface area contributed by atoms with Gasteiger partial charge in [0, 0.05) is 46.3 Å². The maximum atomic E-state index is 12.7. The Morgan fingerprint density at radius 3 is 2.61 bits per heavy atom. The summed E-state index contributed by atoms with van der Waals surface area (Å²) in [5.74, 6) is 2.98. The molecule has 0 aliphatic carbocycles. The number of rotatable bonds is 5. The van der Waals surface area contributed by atoms with Gasteiger partial charge in [0.2, 0.25) is 11.7 Å². The van der Waals surface area contributed by atoms with Gasteiger partial charge >= 0.3 is 0 Å². The Kier molecular flexibility index (Phi) is 8.29. The summed E-state index contributed by atoms with van der Waals surface area (Å²) < 4.78 is 5.32. The summed E-state index contributed by atoms with van der Waals surface area (Å²) in [5, 5.41) is 10.5. The molecule has 2 aliphatic heterocycles. The van der Waals surface area contributed by atoms with Gasteiger partial charge < -0.3 is 19.5 Å². The van der Waals surface area contributed by atoms with Crippen molar-refractivity contribution in [2.75, 3.05) is 46.3 Å². The van der Waals surface area contributed by atoms with Crippen LogP contribution in [0.2, 0.25) is 0 Å². The minimum absolute atomic E-state index is 0. The molecule has 1 amide bonds. The molecule has 170 valence electrons. The van der Waals surface area contributed by atoms with Gasteiger partial charge in [-0.05, 0) is 31.9 Å². The zero-order valence-corrected chi connectivity index (χ0v) is 20.4. The lowest BCUT2D eigenvalue weighted by atomic mass is 10.2. The van der Waals surface area contributed by atoms with Gasteiger partial charge in [-0.15, -0.1) is 29.1 Å². The van der Waals surface area contributed by atoms with Crippen LogP contribution in [0.5, 0.6) is 0 Å². The predicted octanol–water partition coefficient (Wildman–Crippen LogP) is 1.39. The van der Waals surface area contributed by atoms with Gasteiger partial charge in [-0.25, -0.2) is 4.98 Å². The van der Waals surface area contributed by atoms with Crippen LogP contribution in [-0.4, -0.2) is 94.1 Å². The van der Waals surface area contributed by atoms with Crippen molar-refractivity contribution in [3.05, 3.63) is 24.2 Å². The van der Waals surface area contributed by atoms with E-state index in [2.05, 4.69) is 35.3 Å². The number of H-pyrrole nitrogens is 1. The zero-order valence-electron chi connectivity index (χ0n) is 18.1. The van der Waals surface area contributed by atoms with Crippen LogP contribution in [-0.2, 0) is 11.3 Å². The number of likely N-dealkylation sites (tertiary alicyclic amines) is 1. The van der Waals surface area contributed by atoms with Crippen molar-refractivity contribution in [3.8, 4) is 11.6 Å². The third-order valence-corrected chi connectivity index (χ3v) is 5.84. The molecule has 2 fully saturated rings. The number of hydrogen-bond acceptors (Lipinski definition) is 6. The fourth-order valence-electron chi connectivity index (χ4n) is 4.06. The summed E-state index contributed by atoms with van der Waals surface area (Å²) in [5.41, 5.74) is 0. The lowest BCUT2D eigenvalue weighted by Gasteiger charge is -2.39. The number of carbonyl (C=O) groups is 1. The van der Waals surface area contributed by atoms with Gasteiger partial charge in [-0.3, -0.25) is 19.8 Å². The van der Waals surface area contributed by atoms with Gasteiger partial charge in [0.25, 0.3) is 0 Å². The van der Waals surface area contributed by atoms with E-state index >= 15 is 0 Å². The average molecular weight is 542 g/mol. The second-order valence-electron chi connectivity index (χ2n) is 7.72. The minimum Gasteiger partial charge on any atom is -0.461 e.